The van der Waals surface area contributed by atoms with Crippen molar-refractivity contribution in [2.45, 2.75) is 39.2 Å². The Morgan fingerprint density at radius 1 is 1.55 bits per heavy atom. The van der Waals surface area contributed by atoms with Crippen molar-refractivity contribution in [3.05, 3.63) is 21.9 Å². The van der Waals surface area contributed by atoms with E-state index >= 15 is 0 Å². The Bertz CT molecular complexity index is 527. The van der Waals surface area contributed by atoms with Gasteiger partial charge in [0.25, 0.3) is 0 Å². The molecule has 0 spiro atoms. The number of aryl methyl sites for hydroxylation is 1. The second kappa shape index (κ2) is 7.74. The van der Waals surface area contributed by atoms with Gasteiger partial charge in [-0.2, -0.15) is 0 Å². The van der Waals surface area contributed by atoms with Crippen LogP contribution in [0.15, 0.2) is 12.1 Å². The monoisotopic (exact) mass is 323 g/mol. The number of amides is 2. The summed E-state index contributed by atoms with van der Waals surface area (Å²) in [5, 5.41) is 2.99. The van der Waals surface area contributed by atoms with Gasteiger partial charge in [0, 0.05) is 41.9 Å². The van der Waals surface area contributed by atoms with Gasteiger partial charge in [-0.25, -0.2) is 0 Å². The molecule has 0 aliphatic carbocycles. The third-order valence-corrected chi connectivity index (χ3v) is 4.96. The minimum Gasteiger partial charge on any atom is -0.353 e. The van der Waals surface area contributed by atoms with E-state index in [0.29, 0.717) is 26.1 Å². The molecule has 2 heterocycles. The fraction of sp³-hybridized carbons (Fsp3) is 0.625. The number of hydrogen-bond donors (Lipinski definition) is 2. The van der Waals surface area contributed by atoms with Crippen LogP contribution in [0.3, 0.4) is 0 Å². The van der Waals surface area contributed by atoms with E-state index in [1.54, 1.807) is 16.2 Å². The van der Waals surface area contributed by atoms with Gasteiger partial charge in [-0.05, 0) is 38.8 Å². The molecule has 1 aromatic heterocycles. The third kappa shape index (κ3) is 4.30. The van der Waals surface area contributed by atoms with Gasteiger partial charge in [0.05, 0.1) is 0 Å². The van der Waals surface area contributed by atoms with E-state index in [-0.39, 0.29) is 17.9 Å². The molecule has 0 radical (unpaired) electrons. The molecule has 3 N–H and O–H groups in total. The lowest BCUT2D eigenvalue weighted by atomic mass is 9.95. The highest BCUT2D eigenvalue weighted by molar-refractivity contribution is 7.11. The van der Waals surface area contributed by atoms with Gasteiger partial charge in [0.2, 0.25) is 11.8 Å². The number of carbonyl (C=O) groups is 2. The molecule has 122 valence electrons. The summed E-state index contributed by atoms with van der Waals surface area (Å²) in [6.07, 6.45) is 2.30. The maximum Gasteiger partial charge on any atom is 0.235 e. The fourth-order valence-electron chi connectivity index (χ4n) is 2.85. The van der Waals surface area contributed by atoms with Crippen molar-refractivity contribution < 1.29 is 9.59 Å². The van der Waals surface area contributed by atoms with E-state index < -0.39 is 5.92 Å². The van der Waals surface area contributed by atoms with Gasteiger partial charge in [-0.3, -0.25) is 9.59 Å². The van der Waals surface area contributed by atoms with Crippen LogP contribution in [-0.4, -0.2) is 42.4 Å². The topological polar surface area (TPSA) is 75.4 Å². The highest BCUT2D eigenvalue weighted by Gasteiger charge is 2.34. The van der Waals surface area contributed by atoms with Gasteiger partial charge in [0.15, 0.2) is 0 Å². The second-order valence-electron chi connectivity index (χ2n) is 5.93. The summed E-state index contributed by atoms with van der Waals surface area (Å²) in [4.78, 5) is 28.9. The van der Waals surface area contributed by atoms with Crippen LogP contribution < -0.4 is 11.1 Å². The SMILES string of the molecule is Cc1ccc(CC(C)NC(=O)C2CCCN(CCN)C2=O)s1. The number of carbonyl (C=O) groups excluding carboxylic acids is 2. The van der Waals surface area contributed by atoms with Crippen LogP contribution in [-0.2, 0) is 16.0 Å². The van der Waals surface area contributed by atoms with Crippen LogP contribution in [0, 0.1) is 12.8 Å². The molecule has 5 nitrogen and oxygen atoms in total. The van der Waals surface area contributed by atoms with E-state index in [9.17, 15) is 9.59 Å². The number of rotatable bonds is 6. The molecule has 1 saturated heterocycles. The van der Waals surface area contributed by atoms with Crippen LogP contribution in [0.25, 0.3) is 0 Å². The first kappa shape index (κ1) is 17.0. The number of piperidine rings is 1. The molecule has 6 heteroatoms. The maximum absolute atomic E-state index is 12.4. The summed E-state index contributed by atoms with van der Waals surface area (Å²) in [5.41, 5.74) is 5.52. The van der Waals surface area contributed by atoms with Crippen molar-refractivity contribution in [2.75, 3.05) is 19.6 Å². The molecule has 1 aliphatic heterocycles. The first-order valence-electron chi connectivity index (χ1n) is 7.85. The summed E-state index contributed by atoms with van der Waals surface area (Å²) in [6, 6.07) is 4.21. The number of nitrogens with zero attached hydrogens (tertiary/aromatic N) is 1. The number of nitrogens with one attached hydrogen (secondary N) is 1. The number of likely N-dealkylation sites (tertiary alicyclic amines) is 1. The summed E-state index contributed by atoms with van der Waals surface area (Å²) in [6.45, 7) is 5.74. The van der Waals surface area contributed by atoms with Crippen LogP contribution in [0.2, 0.25) is 0 Å². The Kier molecular flexibility index (Phi) is 5.97. The molecule has 2 unspecified atom stereocenters. The first-order valence-corrected chi connectivity index (χ1v) is 8.67. The highest BCUT2D eigenvalue weighted by atomic mass is 32.1. The van der Waals surface area contributed by atoms with Crippen molar-refractivity contribution in [3.63, 3.8) is 0 Å². The first-order chi connectivity index (χ1) is 10.5. The summed E-state index contributed by atoms with van der Waals surface area (Å²) in [7, 11) is 0. The summed E-state index contributed by atoms with van der Waals surface area (Å²) in [5.74, 6) is -0.770. The zero-order valence-corrected chi connectivity index (χ0v) is 14.1. The Morgan fingerprint density at radius 2 is 2.32 bits per heavy atom. The van der Waals surface area contributed by atoms with E-state index in [4.69, 9.17) is 5.73 Å². The fourth-order valence-corrected chi connectivity index (χ4v) is 3.87. The van der Waals surface area contributed by atoms with E-state index in [0.717, 1.165) is 12.8 Å². The molecular weight excluding hydrogens is 298 g/mol. The van der Waals surface area contributed by atoms with Crippen LogP contribution in [0.4, 0.5) is 0 Å². The second-order valence-corrected chi connectivity index (χ2v) is 7.31. The van der Waals surface area contributed by atoms with Crippen molar-refractivity contribution in [1.82, 2.24) is 10.2 Å². The molecule has 0 bridgehead atoms. The molecule has 22 heavy (non-hydrogen) atoms. The Morgan fingerprint density at radius 3 is 2.95 bits per heavy atom. The normalized spacial score (nSPS) is 20.0. The Hall–Kier alpha value is -1.40. The van der Waals surface area contributed by atoms with E-state index in [1.165, 1.54) is 9.75 Å². The van der Waals surface area contributed by atoms with E-state index in [2.05, 4.69) is 24.4 Å². The standard InChI is InChI=1S/C16H25N3O2S/c1-11(10-13-6-5-12(2)22-13)18-15(20)14-4-3-8-19(9-7-17)16(14)21/h5-6,11,14H,3-4,7-10,17H2,1-2H3,(H,18,20). The maximum atomic E-state index is 12.4. The third-order valence-electron chi connectivity index (χ3n) is 3.94. The minimum absolute atomic E-state index is 0.0308. The molecule has 1 aliphatic rings. The molecule has 2 rings (SSSR count). The van der Waals surface area contributed by atoms with Gasteiger partial charge in [-0.1, -0.05) is 0 Å². The van der Waals surface area contributed by atoms with Gasteiger partial charge in [-0.15, -0.1) is 11.3 Å². The average Bonchev–Trinajstić information content (AvgIpc) is 2.86. The van der Waals surface area contributed by atoms with Gasteiger partial charge in [0.1, 0.15) is 5.92 Å². The van der Waals surface area contributed by atoms with Crippen molar-refractivity contribution >= 4 is 23.2 Å². The van der Waals surface area contributed by atoms with Gasteiger partial charge < -0.3 is 16.0 Å². The Labute approximate surface area is 135 Å². The molecule has 1 fully saturated rings. The van der Waals surface area contributed by atoms with Crippen molar-refractivity contribution in [3.8, 4) is 0 Å². The molecule has 0 saturated carbocycles. The lowest BCUT2D eigenvalue weighted by molar-refractivity contribution is -0.145. The summed E-state index contributed by atoms with van der Waals surface area (Å²) >= 11 is 1.75. The predicted molar refractivity (Wildman–Crippen MR) is 88.7 cm³/mol. The van der Waals surface area contributed by atoms with Crippen LogP contribution in [0.1, 0.15) is 29.5 Å². The quantitative estimate of drug-likeness (QED) is 0.775. The lowest BCUT2D eigenvalue weighted by Crippen LogP contribution is -2.50. The van der Waals surface area contributed by atoms with Crippen molar-refractivity contribution in [2.24, 2.45) is 11.7 Å². The molecule has 1 aromatic rings. The van der Waals surface area contributed by atoms with Crippen LogP contribution in [0.5, 0.6) is 0 Å². The number of hydrogen-bond acceptors (Lipinski definition) is 4. The highest BCUT2D eigenvalue weighted by Crippen LogP contribution is 2.19. The smallest absolute Gasteiger partial charge is 0.235 e. The lowest BCUT2D eigenvalue weighted by Gasteiger charge is -2.31. The zero-order valence-electron chi connectivity index (χ0n) is 13.3. The van der Waals surface area contributed by atoms with Crippen LogP contribution >= 0.6 is 11.3 Å². The average molecular weight is 323 g/mol. The number of thiophene rings is 1. The van der Waals surface area contributed by atoms with Crippen molar-refractivity contribution in [1.29, 1.82) is 0 Å². The largest absolute Gasteiger partial charge is 0.353 e. The zero-order chi connectivity index (χ0) is 16.1. The Balaban J connectivity index is 1.89. The molecule has 0 aromatic carbocycles. The predicted octanol–water partition coefficient (Wildman–Crippen LogP) is 1.30. The molecular formula is C16H25N3O2S. The molecule has 2 amide bonds. The minimum atomic E-state index is -0.548. The van der Waals surface area contributed by atoms with Gasteiger partial charge >= 0.3 is 0 Å². The summed E-state index contributed by atoms with van der Waals surface area (Å²) < 4.78 is 0. The molecule has 2 atom stereocenters. The number of nitrogens with two attached hydrogens (primary N) is 1. The van der Waals surface area contributed by atoms with E-state index in [1.807, 2.05) is 6.92 Å².